The Morgan fingerprint density at radius 1 is 0.634 bits per heavy atom. The number of anilines is 1. The number of phosphoric ester groups is 3. The van der Waals surface area contributed by atoms with E-state index in [9.17, 15) is 62.6 Å². The lowest BCUT2D eigenvalue weighted by atomic mass is 9.89. The number of phosphoric acid groups is 3. The van der Waals surface area contributed by atoms with Gasteiger partial charge in [0.2, 0.25) is 5.91 Å². The number of phenolic OH excluding ortho intramolecular Hbond substituents is 1. The summed E-state index contributed by atoms with van der Waals surface area (Å²) in [6.07, 6.45) is -0.168. The molecule has 9 atom stereocenters. The fourth-order valence-electron chi connectivity index (χ4n) is 11.1. The van der Waals surface area contributed by atoms with E-state index in [4.69, 9.17) is 98.6 Å². The number of carbonyl (C=O) groups excluding carboxylic acids is 2. The smallest absolute Gasteiger partial charge is 0.474 e. The van der Waals surface area contributed by atoms with Gasteiger partial charge in [-0.15, -0.1) is 0 Å². The Morgan fingerprint density at radius 2 is 1.19 bits per heavy atom. The maximum Gasteiger partial charge on any atom is 0.474 e. The van der Waals surface area contributed by atoms with Crippen molar-refractivity contribution in [2.75, 3.05) is 172 Å². The second-order valence-electron chi connectivity index (χ2n) is 24.4. The number of amides is 2. The highest BCUT2D eigenvalue weighted by atomic mass is 31.2. The molecule has 40 nitrogen and oxygen atoms in total. The van der Waals surface area contributed by atoms with Gasteiger partial charge in [0.15, 0.2) is 5.43 Å². The van der Waals surface area contributed by atoms with Gasteiger partial charge in [-0.2, -0.15) is 4.98 Å². The van der Waals surface area contributed by atoms with Crippen molar-refractivity contribution in [2.24, 2.45) is 0 Å². The van der Waals surface area contributed by atoms with Crippen molar-refractivity contribution < 1.29 is 136 Å². The Kier molecular flexibility index (Phi) is 36.9. The number of aliphatic hydroxyl groups is 2. The zero-order valence-electron chi connectivity index (χ0n) is 61.7. The van der Waals surface area contributed by atoms with Crippen LogP contribution in [0.25, 0.3) is 39.5 Å². The molecule has 0 bridgehead atoms. The van der Waals surface area contributed by atoms with Gasteiger partial charge in [0.1, 0.15) is 53.7 Å². The molecule has 0 radical (unpaired) electrons. The standard InChI is InChI=1S/C69H94N7O33P3/c1-91-110(88,104-44-58-54(80)41-62(107-58)75-19-16-60(70)73-68(75)86)101-35-32-99-30-31-100-34-37-103-112(90,93-3)109-57-42-63(108-59(57)45-105-111(89,92-2)102-36-33-98-29-28-97-27-26-96-25-24-95-23-22-94-21-20-77)76-43-47(66(83)74-69(76)87)9-15-61(81)71-17-6-4-5-7-18-72-65(82)46-8-12-50(67(84)85)53(38-46)64-51-13-10-48(78)39-55(51)106-56-40-49(79)11-14-52(56)64/h8-16,19,38-40,43,54,57-59,62-63,77-78,80H,4-7,17-18,20-37,41-42,44-45H2,1-3H3,(H,71,81)(H,72,82)(H,84,85)(H2,70,73,86)(H,74,83,87)/b15-9+/t54-,57-,58-,59-,62-,63-,110?,111?,112?/m1/s1. The average molecular weight is 1640 g/mol. The monoisotopic (exact) mass is 1640 g/mol. The van der Waals surface area contributed by atoms with Gasteiger partial charge in [-0.1, -0.05) is 12.8 Å². The highest BCUT2D eigenvalue weighted by Crippen LogP contribution is 2.54. The molecule has 0 saturated carbocycles. The number of nitrogen functional groups attached to an aromatic ring is 1. The van der Waals surface area contributed by atoms with E-state index in [2.05, 4.69) is 20.6 Å². The van der Waals surface area contributed by atoms with Crippen LogP contribution in [-0.4, -0.2) is 248 Å². The first-order valence-electron chi connectivity index (χ1n) is 35.5. The molecule has 9 N–H and O–H groups in total. The molecular formula is C69H94N7O33P3. The molecule has 43 heteroatoms. The molecule has 0 spiro atoms. The van der Waals surface area contributed by atoms with Gasteiger partial charge in [-0.3, -0.25) is 74.0 Å². The van der Waals surface area contributed by atoms with Crippen LogP contribution in [0, 0.1) is 0 Å². The highest BCUT2D eigenvalue weighted by molar-refractivity contribution is 7.49. The number of hydrogen-bond acceptors (Lipinski definition) is 34. The number of carboxylic acids is 1. The third-order valence-electron chi connectivity index (χ3n) is 16.7. The molecule has 8 rings (SSSR count). The summed E-state index contributed by atoms with van der Waals surface area (Å²) in [4.78, 5) is 96.2. The number of aliphatic hydroxyl groups excluding tert-OH is 2. The van der Waals surface area contributed by atoms with E-state index in [-0.39, 0.29) is 162 Å². The maximum atomic E-state index is 14.1. The van der Waals surface area contributed by atoms with Crippen molar-refractivity contribution in [3.8, 4) is 28.2 Å². The molecule has 1 aliphatic carbocycles. The summed E-state index contributed by atoms with van der Waals surface area (Å²) in [6.45, 7) is 0.630. The van der Waals surface area contributed by atoms with Crippen molar-refractivity contribution >= 4 is 64.1 Å². The van der Waals surface area contributed by atoms with Crippen molar-refractivity contribution in [3.63, 3.8) is 0 Å². The Hall–Kier alpha value is -7.67. The van der Waals surface area contributed by atoms with Crippen LogP contribution in [0.4, 0.5) is 5.82 Å². The van der Waals surface area contributed by atoms with Crippen LogP contribution in [0.15, 0.2) is 103 Å². The van der Waals surface area contributed by atoms with Crippen LogP contribution in [0.3, 0.4) is 0 Å². The molecule has 618 valence electrons. The number of ether oxygens (including phenoxy) is 9. The number of phenols is 1. The molecule has 4 aromatic rings. The van der Waals surface area contributed by atoms with E-state index in [0.29, 0.717) is 75.2 Å². The van der Waals surface area contributed by atoms with E-state index in [1.54, 1.807) is 6.07 Å². The molecule has 2 saturated heterocycles. The van der Waals surface area contributed by atoms with E-state index < -0.39 is 108 Å². The molecule has 5 heterocycles. The summed E-state index contributed by atoms with van der Waals surface area (Å²) in [5, 5.41) is 45.7. The SMILES string of the molecule is COP(=O)(OCCOCCOCCOP(=O)(OC)O[C@@H]1C[C@H](n2cc(/C=C/C(=O)NCCCCCCNC(=O)c3ccc(C(=O)O)c(-c4c5ccc(=O)cc-5oc5cc(O)ccc45)c3)c(=O)[nH]c2=O)O[C@@H]1COP(=O)(OC)OCCOCCOCCOCCOCCOCCO)OC[C@H]1O[C@@H](n2ccc(N)nc2=O)C[C@H]1O. The number of benzene rings is 3. The quantitative estimate of drug-likeness (QED) is 0.0112. The van der Waals surface area contributed by atoms with E-state index in [0.717, 1.165) is 42.7 Å². The summed E-state index contributed by atoms with van der Waals surface area (Å²) >= 11 is 0. The summed E-state index contributed by atoms with van der Waals surface area (Å²) in [6, 6.07) is 13.9. The van der Waals surface area contributed by atoms with Crippen molar-refractivity contribution in [3.05, 3.63) is 137 Å². The molecule has 2 amide bonds. The van der Waals surface area contributed by atoms with Crippen LogP contribution in [0.5, 0.6) is 5.75 Å². The Labute approximate surface area is 640 Å². The number of H-pyrrole nitrogens is 1. The summed E-state index contributed by atoms with van der Waals surface area (Å²) < 4.78 is 148. The number of aromatic nitrogens is 4. The van der Waals surface area contributed by atoms with Crippen LogP contribution >= 0.6 is 23.5 Å². The number of fused-ring (bicyclic) bond motifs is 2. The largest absolute Gasteiger partial charge is 0.508 e. The molecule has 112 heavy (non-hydrogen) atoms. The van der Waals surface area contributed by atoms with Gasteiger partial charge < -0.3 is 83.8 Å². The zero-order valence-corrected chi connectivity index (χ0v) is 64.4. The van der Waals surface area contributed by atoms with Crippen LogP contribution in [-0.2, 0) is 102 Å². The number of aromatic carboxylic acids is 1. The predicted molar refractivity (Wildman–Crippen MR) is 395 cm³/mol. The molecule has 2 fully saturated rings. The number of aromatic hydroxyl groups is 1. The lowest BCUT2D eigenvalue weighted by molar-refractivity contribution is -0.116. The summed E-state index contributed by atoms with van der Waals surface area (Å²) in [5.74, 6) is -2.27. The van der Waals surface area contributed by atoms with Gasteiger partial charge in [-0.05, 0) is 73.0 Å². The van der Waals surface area contributed by atoms with Crippen molar-refractivity contribution in [2.45, 2.75) is 75.4 Å². The second-order valence-corrected chi connectivity index (χ2v) is 29.7. The van der Waals surface area contributed by atoms with Crippen LogP contribution < -0.4 is 38.7 Å². The fourth-order valence-corrected chi connectivity index (χ4v) is 14.0. The molecule has 4 aliphatic rings. The number of unbranched alkanes of at least 4 members (excludes halogenated alkanes) is 3. The van der Waals surface area contributed by atoms with E-state index in [1.165, 1.54) is 66.9 Å². The Balaban J connectivity index is 0.788. The number of carbonyl (C=O) groups is 3. The number of nitrogens with two attached hydrogens (primary N) is 1. The second kappa shape index (κ2) is 46.0. The van der Waals surface area contributed by atoms with Gasteiger partial charge in [-0.25, -0.2) is 28.1 Å². The minimum Gasteiger partial charge on any atom is -0.508 e. The molecule has 2 aromatic carbocycles. The van der Waals surface area contributed by atoms with Crippen molar-refractivity contribution in [1.29, 1.82) is 0 Å². The number of carboxylic acid groups (broad SMARTS) is 1. The molecule has 3 aliphatic heterocycles. The molecule has 3 unspecified atom stereocenters. The summed E-state index contributed by atoms with van der Waals surface area (Å²) in [7, 11) is -9.89. The normalized spacial score (nSPS) is 18.8. The fraction of sp³-hybridized carbons (Fsp3) is 0.536. The van der Waals surface area contributed by atoms with Gasteiger partial charge in [0.25, 0.3) is 11.5 Å². The predicted octanol–water partition coefficient (Wildman–Crippen LogP) is 4.55. The van der Waals surface area contributed by atoms with E-state index >= 15 is 0 Å². The number of aromatic amines is 1. The Morgan fingerprint density at radius 3 is 1.77 bits per heavy atom. The maximum absolute atomic E-state index is 14.1. The highest BCUT2D eigenvalue weighted by Gasteiger charge is 2.45. The molecular weight excluding hydrogens is 1550 g/mol. The number of nitrogens with zero attached hydrogens (tertiary/aromatic N) is 3. The average Bonchev–Trinajstić information content (AvgIpc) is 0.954. The lowest BCUT2D eigenvalue weighted by Gasteiger charge is -2.24. The summed E-state index contributed by atoms with van der Waals surface area (Å²) in [5.41, 5.74) is 3.76. The lowest BCUT2D eigenvalue weighted by Crippen LogP contribution is -2.33. The first-order valence-corrected chi connectivity index (χ1v) is 39.9. The van der Waals surface area contributed by atoms with E-state index in [1.807, 2.05) is 0 Å². The van der Waals surface area contributed by atoms with Gasteiger partial charge >= 0.3 is 40.8 Å². The first-order chi connectivity index (χ1) is 54.0. The van der Waals surface area contributed by atoms with Gasteiger partial charge in [0, 0.05) is 99.9 Å². The zero-order chi connectivity index (χ0) is 80.5. The third kappa shape index (κ3) is 28.1. The van der Waals surface area contributed by atoms with Gasteiger partial charge in [0.05, 0.1) is 149 Å². The first kappa shape index (κ1) is 89.9. The van der Waals surface area contributed by atoms with Crippen LogP contribution in [0.2, 0.25) is 0 Å². The number of nitrogens with one attached hydrogen (secondary N) is 3. The minimum absolute atomic E-state index is 0.00806. The Bertz CT molecular complexity index is 4410. The minimum atomic E-state index is -4.54. The van der Waals surface area contributed by atoms with Crippen LogP contribution in [0.1, 0.15) is 77.3 Å². The number of rotatable bonds is 54. The number of hydrogen-bond donors (Lipinski definition) is 8. The molecule has 2 aromatic heterocycles. The topological polar surface area (TPSA) is 520 Å². The third-order valence-corrected chi connectivity index (χ3v) is 21.0. The van der Waals surface area contributed by atoms with Crippen molar-refractivity contribution in [1.82, 2.24) is 29.7 Å².